The lowest BCUT2D eigenvalue weighted by molar-refractivity contribution is -0.115. The van der Waals surface area contributed by atoms with Crippen molar-refractivity contribution < 1.29 is 17.6 Å². The fourth-order valence-corrected chi connectivity index (χ4v) is 5.18. The first-order valence-electron chi connectivity index (χ1n) is 9.00. The number of aromatic nitrogens is 2. The zero-order chi connectivity index (χ0) is 22.2. The zero-order valence-electron chi connectivity index (χ0n) is 16.1. The highest BCUT2D eigenvalue weighted by atomic mass is 35.5. The molecule has 4 aromatic rings. The van der Waals surface area contributed by atoms with Crippen LogP contribution in [0.3, 0.4) is 0 Å². The number of rotatable bonds is 5. The molecule has 10 heteroatoms. The number of carbonyl (C=O) groups is 1. The van der Waals surface area contributed by atoms with Gasteiger partial charge in [-0.1, -0.05) is 29.8 Å². The summed E-state index contributed by atoms with van der Waals surface area (Å²) < 4.78 is 39.4. The molecule has 0 aliphatic heterocycles. The van der Waals surface area contributed by atoms with Crippen LogP contribution in [0.25, 0.3) is 20.8 Å². The highest BCUT2D eigenvalue weighted by Gasteiger charge is 2.20. The molecule has 2 aromatic heterocycles. The molecule has 0 unspecified atom stereocenters. The van der Waals surface area contributed by atoms with Crippen molar-refractivity contribution >= 4 is 54.6 Å². The summed E-state index contributed by atoms with van der Waals surface area (Å²) in [5, 5.41) is 3.48. The second-order valence-electron chi connectivity index (χ2n) is 6.78. The predicted molar refractivity (Wildman–Crippen MR) is 120 cm³/mol. The van der Waals surface area contributed by atoms with Crippen LogP contribution in [0.4, 0.5) is 10.1 Å². The molecule has 0 radical (unpaired) electrons. The van der Waals surface area contributed by atoms with Gasteiger partial charge in [0.15, 0.2) is 9.84 Å². The van der Waals surface area contributed by atoms with Crippen molar-refractivity contribution in [2.45, 2.75) is 11.3 Å². The van der Waals surface area contributed by atoms with Crippen LogP contribution in [0.2, 0.25) is 5.02 Å². The number of thiazole rings is 1. The lowest BCUT2D eigenvalue weighted by atomic mass is 10.1. The van der Waals surface area contributed by atoms with Crippen LogP contribution in [0.1, 0.15) is 5.56 Å². The first-order valence-corrected chi connectivity index (χ1v) is 12.1. The van der Waals surface area contributed by atoms with E-state index in [0.29, 0.717) is 26.0 Å². The number of benzene rings is 2. The van der Waals surface area contributed by atoms with Gasteiger partial charge in [0.2, 0.25) is 5.91 Å². The second-order valence-corrected chi connectivity index (χ2v) is 10.2. The number of fused-ring (bicyclic) bond motifs is 1. The number of carbonyl (C=O) groups excluding carboxylic acids is 1. The van der Waals surface area contributed by atoms with Crippen LogP contribution in [-0.2, 0) is 21.1 Å². The quantitative estimate of drug-likeness (QED) is 0.450. The smallest absolute Gasteiger partial charge is 0.228 e. The summed E-state index contributed by atoms with van der Waals surface area (Å²) in [6.45, 7) is 0. The van der Waals surface area contributed by atoms with Crippen LogP contribution in [-0.4, -0.2) is 30.5 Å². The Morgan fingerprint density at radius 3 is 2.71 bits per heavy atom. The van der Waals surface area contributed by atoms with Crippen molar-refractivity contribution in [2.75, 3.05) is 11.6 Å². The Morgan fingerprint density at radius 1 is 1.23 bits per heavy atom. The second kappa shape index (κ2) is 8.33. The van der Waals surface area contributed by atoms with E-state index in [2.05, 4.69) is 15.3 Å². The summed E-state index contributed by atoms with van der Waals surface area (Å²) >= 11 is 7.22. The summed E-state index contributed by atoms with van der Waals surface area (Å²) in [6, 6.07) is 11.1. The van der Waals surface area contributed by atoms with E-state index in [9.17, 15) is 17.6 Å². The van der Waals surface area contributed by atoms with Crippen LogP contribution >= 0.6 is 22.9 Å². The van der Waals surface area contributed by atoms with Gasteiger partial charge in [-0.05, 0) is 29.8 Å². The van der Waals surface area contributed by atoms with Crippen molar-refractivity contribution in [3.8, 4) is 10.6 Å². The molecule has 0 saturated carbocycles. The topological polar surface area (TPSA) is 89.0 Å². The van der Waals surface area contributed by atoms with E-state index < -0.39 is 15.7 Å². The van der Waals surface area contributed by atoms with Crippen molar-refractivity contribution in [3.05, 3.63) is 71.3 Å². The number of halogens is 2. The maximum absolute atomic E-state index is 14.2. The van der Waals surface area contributed by atoms with Gasteiger partial charge in [0.1, 0.15) is 16.3 Å². The number of nitrogens with zero attached hydrogens (tertiary/aromatic N) is 2. The monoisotopic (exact) mass is 475 g/mol. The van der Waals surface area contributed by atoms with Crippen molar-refractivity contribution in [1.29, 1.82) is 0 Å². The average Bonchev–Trinajstić information content (AvgIpc) is 3.12. The van der Waals surface area contributed by atoms with Gasteiger partial charge in [-0.25, -0.2) is 17.8 Å². The highest BCUT2D eigenvalue weighted by Crippen LogP contribution is 2.36. The van der Waals surface area contributed by atoms with Gasteiger partial charge >= 0.3 is 0 Å². The maximum Gasteiger partial charge on any atom is 0.228 e. The van der Waals surface area contributed by atoms with Crippen molar-refractivity contribution in [2.24, 2.45) is 0 Å². The number of pyridine rings is 1. The van der Waals surface area contributed by atoms with Crippen molar-refractivity contribution in [1.82, 2.24) is 9.97 Å². The Labute approximate surface area is 186 Å². The number of amides is 1. The van der Waals surface area contributed by atoms with Crippen LogP contribution in [0.5, 0.6) is 0 Å². The summed E-state index contributed by atoms with van der Waals surface area (Å²) in [5.41, 5.74) is 1.34. The molecule has 158 valence electrons. The summed E-state index contributed by atoms with van der Waals surface area (Å²) in [5.74, 6) is -0.863. The van der Waals surface area contributed by atoms with Crippen LogP contribution in [0.15, 0.2) is 59.8 Å². The largest absolute Gasteiger partial charge is 0.326 e. The van der Waals surface area contributed by atoms with Crippen LogP contribution in [0, 0.1) is 5.82 Å². The molecule has 0 fully saturated rings. The van der Waals surface area contributed by atoms with E-state index >= 15 is 0 Å². The molecule has 0 bridgehead atoms. The Bertz CT molecular complexity index is 1420. The van der Waals surface area contributed by atoms with Gasteiger partial charge in [-0.2, -0.15) is 0 Å². The number of anilines is 1. The first kappa shape index (κ1) is 21.4. The molecule has 31 heavy (non-hydrogen) atoms. The third-order valence-electron chi connectivity index (χ3n) is 4.45. The molecule has 2 heterocycles. The average molecular weight is 476 g/mol. The fraction of sp³-hybridized carbons (Fsp3) is 0.0952. The third kappa shape index (κ3) is 4.58. The molecular weight excluding hydrogens is 461 g/mol. The number of hydrogen-bond donors (Lipinski definition) is 1. The third-order valence-corrected chi connectivity index (χ3v) is 6.96. The van der Waals surface area contributed by atoms with Crippen LogP contribution < -0.4 is 5.32 Å². The lowest BCUT2D eigenvalue weighted by Gasteiger charge is -2.09. The maximum atomic E-state index is 14.2. The molecule has 0 saturated heterocycles. The van der Waals surface area contributed by atoms with E-state index in [1.165, 1.54) is 24.5 Å². The normalized spacial score (nSPS) is 11.6. The minimum absolute atomic E-state index is 0.0285. The Morgan fingerprint density at radius 2 is 2.00 bits per heavy atom. The molecule has 0 aliphatic carbocycles. The number of nitrogens with one attached hydrogen (secondary N) is 1. The molecule has 0 aliphatic rings. The Kier molecular flexibility index (Phi) is 5.74. The van der Waals surface area contributed by atoms with Gasteiger partial charge in [0, 0.05) is 29.4 Å². The molecule has 1 amide bonds. The van der Waals surface area contributed by atoms with Gasteiger partial charge in [-0.3, -0.25) is 9.78 Å². The van der Waals surface area contributed by atoms with Crippen molar-refractivity contribution in [3.63, 3.8) is 0 Å². The van der Waals surface area contributed by atoms with E-state index in [1.807, 2.05) is 0 Å². The first-order chi connectivity index (χ1) is 14.7. The van der Waals surface area contributed by atoms with Gasteiger partial charge < -0.3 is 5.32 Å². The Hall–Kier alpha value is -2.88. The predicted octanol–water partition coefficient (Wildman–Crippen LogP) is 4.74. The molecule has 1 N–H and O–H groups in total. The van der Waals surface area contributed by atoms with E-state index in [4.69, 9.17) is 11.6 Å². The number of hydrogen-bond acceptors (Lipinski definition) is 6. The summed E-state index contributed by atoms with van der Waals surface area (Å²) in [4.78, 5) is 20.7. The minimum Gasteiger partial charge on any atom is -0.326 e. The summed E-state index contributed by atoms with van der Waals surface area (Å²) in [7, 11) is -3.67. The van der Waals surface area contributed by atoms with E-state index in [1.54, 1.807) is 30.3 Å². The van der Waals surface area contributed by atoms with E-state index in [0.717, 1.165) is 17.6 Å². The zero-order valence-corrected chi connectivity index (χ0v) is 18.5. The Balaban J connectivity index is 1.74. The van der Waals surface area contributed by atoms with Gasteiger partial charge in [0.25, 0.3) is 0 Å². The summed E-state index contributed by atoms with van der Waals surface area (Å²) in [6.07, 6.45) is 3.74. The lowest BCUT2D eigenvalue weighted by Crippen LogP contribution is -2.15. The molecular formula is C21H15ClFN3O3S2. The standard InChI is InChI=1S/C21H15ClFN3O3S2/c1-31(28,29)18-10-13(25-19(27)8-12-4-2-3-5-15(12)22)9-17-20(18)26-21(30-17)14-11-24-7-6-16(14)23/h2-7,9-11H,8H2,1H3,(H,25,27). The molecule has 2 aromatic carbocycles. The molecule has 0 spiro atoms. The number of sulfone groups is 1. The molecule has 0 atom stereocenters. The fourth-order valence-electron chi connectivity index (χ4n) is 3.02. The van der Waals surface area contributed by atoms with Gasteiger partial charge in [-0.15, -0.1) is 11.3 Å². The van der Waals surface area contributed by atoms with E-state index in [-0.39, 0.29) is 28.3 Å². The highest BCUT2D eigenvalue weighted by molar-refractivity contribution is 7.91. The molecule has 6 nitrogen and oxygen atoms in total. The van der Waals surface area contributed by atoms with Gasteiger partial charge in [0.05, 0.1) is 21.6 Å². The minimum atomic E-state index is -3.67. The molecule has 4 rings (SSSR count). The SMILES string of the molecule is CS(=O)(=O)c1cc(NC(=O)Cc2ccccc2Cl)cc2sc(-c3cnccc3F)nc12.